The summed E-state index contributed by atoms with van der Waals surface area (Å²) in [5.41, 5.74) is 5.15. The molecule has 1 aliphatic rings. The molecule has 0 saturated carbocycles. The predicted molar refractivity (Wildman–Crippen MR) is 116 cm³/mol. The molecule has 0 bridgehead atoms. The van der Waals surface area contributed by atoms with Crippen LogP contribution in [0, 0.1) is 17.7 Å². The lowest BCUT2D eigenvalue weighted by Gasteiger charge is -2.14. The van der Waals surface area contributed by atoms with Gasteiger partial charge in [-0.05, 0) is 40.5 Å². The third-order valence-corrected chi connectivity index (χ3v) is 5.34. The number of carbonyl (C=O) groups is 1. The second-order valence-corrected chi connectivity index (χ2v) is 7.34. The van der Waals surface area contributed by atoms with Crippen molar-refractivity contribution >= 4 is 17.7 Å². The predicted octanol–water partition coefficient (Wildman–Crippen LogP) is 5.76. The standard InChI is InChI=1S/C25H19ClFNO2/c26-24-13-12-18(27)15-17(24)7-5-6-14-28-25(29)30-16-23-21-10-3-1-8-19(21)20-9-2-4-11-22(20)23/h1-4,8-13,15,23H,6,14,16H2,(H,28,29). The van der Waals surface area contributed by atoms with Crippen molar-refractivity contribution in [2.45, 2.75) is 12.3 Å². The van der Waals surface area contributed by atoms with Gasteiger partial charge in [0, 0.05) is 24.4 Å². The maximum absolute atomic E-state index is 13.2. The van der Waals surface area contributed by atoms with Gasteiger partial charge in [0.15, 0.2) is 0 Å². The van der Waals surface area contributed by atoms with Gasteiger partial charge < -0.3 is 10.1 Å². The van der Waals surface area contributed by atoms with E-state index in [0.717, 1.165) is 0 Å². The van der Waals surface area contributed by atoms with Gasteiger partial charge in [0.2, 0.25) is 0 Å². The van der Waals surface area contributed by atoms with Gasteiger partial charge in [-0.2, -0.15) is 0 Å². The van der Waals surface area contributed by atoms with Crippen LogP contribution in [0.4, 0.5) is 9.18 Å². The van der Waals surface area contributed by atoms with Crippen molar-refractivity contribution in [2.75, 3.05) is 13.2 Å². The molecule has 0 radical (unpaired) electrons. The number of hydrogen-bond donors (Lipinski definition) is 1. The average molecular weight is 420 g/mol. The third-order valence-electron chi connectivity index (χ3n) is 5.01. The van der Waals surface area contributed by atoms with Crippen LogP contribution in [0.1, 0.15) is 29.0 Å². The van der Waals surface area contributed by atoms with Crippen molar-refractivity contribution in [1.82, 2.24) is 5.32 Å². The normalized spacial score (nSPS) is 11.8. The molecule has 4 rings (SSSR count). The average Bonchev–Trinajstić information content (AvgIpc) is 3.08. The minimum absolute atomic E-state index is 0.0260. The van der Waals surface area contributed by atoms with E-state index in [2.05, 4.69) is 41.4 Å². The highest BCUT2D eigenvalue weighted by Gasteiger charge is 2.28. The van der Waals surface area contributed by atoms with E-state index >= 15 is 0 Å². The number of halogens is 2. The lowest BCUT2D eigenvalue weighted by molar-refractivity contribution is 0.143. The number of carbonyl (C=O) groups excluding carboxylic acids is 1. The lowest BCUT2D eigenvalue weighted by atomic mass is 9.98. The van der Waals surface area contributed by atoms with Crippen LogP contribution in [0.15, 0.2) is 66.7 Å². The summed E-state index contributed by atoms with van der Waals surface area (Å²) in [7, 11) is 0. The fourth-order valence-corrected chi connectivity index (χ4v) is 3.79. The number of alkyl carbamates (subject to hydrolysis) is 1. The maximum Gasteiger partial charge on any atom is 0.407 e. The van der Waals surface area contributed by atoms with Gasteiger partial charge in [-0.15, -0.1) is 0 Å². The first-order valence-electron chi connectivity index (χ1n) is 9.66. The molecule has 0 aliphatic heterocycles. The number of fused-ring (bicyclic) bond motifs is 3. The van der Waals surface area contributed by atoms with Crippen LogP contribution in [0.5, 0.6) is 0 Å². The molecule has 30 heavy (non-hydrogen) atoms. The van der Waals surface area contributed by atoms with Crippen molar-refractivity contribution in [3.05, 3.63) is 94.3 Å². The number of benzene rings is 3. The molecular formula is C25H19ClFNO2. The minimum atomic E-state index is -0.484. The molecule has 0 spiro atoms. The first-order valence-corrected chi connectivity index (χ1v) is 10.0. The Labute approximate surface area is 179 Å². The molecule has 3 aromatic carbocycles. The highest BCUT2D eigenvalue weighted by molar-refractivity contribution is 6.31. The van der Waals surface area contributed by atoms with Gasteiger partial charge in [-0.25, -0.2) is 9.18 Å². The fraction of sp³-hybridized carbons (Fsp3) is 0.160. The minimum Gasteiger partial charge on any atom is -0.449 e. The summed E-state index contributed by atoms with van der Waals surface area (Å²) < 4.78 is 18.7. The van der Waals surface area contributed by atoms with E-state index in [-0.39, 0.29) is 18.3 Å². The molecule has 3 aromatic rings. The quantitative estimate of drug-likeness (QED) is 0.431. The van der Waals surface area contributed by atoms with Crippen LogP contribution in [0.2, 0.25) is 5.02 Å². The van der Waals surface area contributed by atoms with Crippen molar-refractivity contribution in [1.29, 1.82) is 0 Å². The van der Waals surface area contributed by atoms with Crippen molar-refractivity contribution < 1.29 is 13.9 Å². The van der Waals surface area contributed by atoms with Gasteiger partial charge in [0.25, 0.3) is 0 Å². The van der Waals surface area contributed by atoms with Crippen LogP contribution >= 0.6 is 11.6 Å². The largest absolute Gasteiger partial charge is 0.449 e. The van der Waals surface area contributed by atoms with E-state index in [1.54, 1.807) is 0 Å². The first-order chi connectivity index (χ1) is 14.6. The summed E-state index contributed by atoms with van der Waals surface area (Å²) >= 11 is 5.98. The molecule has 0 unspecified atom stereocenters. The van der Waals surface area contributed by atoms with E-state index < -0.39 is 6.09 Å². The summed E-state index contributed by atoms with van der Waals surface area (Å²) in [6.45, 7) is 0.598. The van der Waals surface area contributed by atoms with Crippen molar-refractivity contribution in [3.63, 3.8) is 0 Å². The van der Waals surface area contributed by atoms with Crippen LogP contribution in [0.3, 0.4) is 0 Å². The van der Waals surface area contributed by atoms with E-state index in [1.165, 1.54) is 40.5 Å². The molecule has 150 valence electrons. The molecule has 1 aliphatic carbocycles. The summed E-state index contributed by atoms with van der Waals surface area (Å²) in [6.07, 6.45) is -0.0840. The molecule has 0 atom stereocenters. The Balaban J connectivity index is 1.30. The van der Waals surface area contributed by atoms with Gasteiger partial charge in [0.1, 0.15) is 12.4 Å². The Bertz CT molecular complexity index is 1100. The molecule has 1 N–H and O–H groups in total. The Kier molecular flexibility index (Phi) is 6.02. The topological polar surface area (TPSA) is 38.3 Å². The Morgan fingerprint density at radius 3 is 2.40 bits per heavy atom. The smallest absolute Gasteiger partial charge is 0.407 e. The van der Waals surface area contributed by atoms with Crippen LogP contribution in [0.25, 0.3) is 11.1 Å². The zero-order chi connectivity index (χ0) is 20.9. The molecule has 5 heteroatoms. The van der Waals surface area contributed by atoms with E-state index in [1.807, 2.05) is 24.3 Å². The molecule has 0 heterocycles. The van der Waals surface area contributed by atoms with Crippen LogP contribution in [-0.4, -0.2) is 19.2 Å². The zero-order valence-electron chi connectivity index (χ0n) is 16.1. The summed E-state index contributed by atoms with van der Waals surface area (Å²) in [5, 5.41) is 3.09. The third kappa shape index (κ3) is 4.32. The monoisotopic (exact) mass is 419 g/mol. The molecule has 0 saturated heterocycles. The molecule has 0 fully saturated rings. The van der Waals surface area contributed by atoms with Crippen LogP contribution in [-0.2, 0) is 4.74 Å². The number of hydrogen-bond acceptors (Lipinski definition) is 2. The Morgan fingerprint density at radius 1 is 1.03 bits per heavy atom. The molecule has 0 aromatic heterocycles. The SMILES string of the molecule is O=C(NCCC#Cc1cc(F)ccc1Cl)OCC1c2ccccc2-c2ccccc21. The van der Waals surface area contributed by atoms with Crippen LogP contribution < -0.4 is 5.32 Å². The molecule has 3 nitrogen and oxygen atoms in total. The van der Waals surface area contributed by atoms with E-state index in [4.69, 9.17) is 16.3 Å². The van der Waals surface area contributed by atoms with Crippen molar-refractivity contribution in [2.24, 2.45) is 0 Å². The van der Waals surface area contributed by atoms with E-state index in [0.29, 0.717) is 23.6 Å². The Hall–Kier alpha value is -3.29. The lowest BCUT2D eigenvalue weighted by Crippen LogP contribution is -2.26. The number of ether oxygens (including phenoxy) is 1. The highest BCUT2D eigenvalue weighted by Crippen LogP contribution is 2.44. The second kappa shape index (κ2) is 9.02. The summed E-state index contributed by atoms with van der Waals surface area (Å²) in [5.74, 6) is 5.33. The second-order valence-electron chi connectivity index (χ2n) is 6.93. The fourth-order valence-electron chi connectivity index (χ4n) is 3.63. The first kappa shape index (κ1) is 20.0. The summed E-state index contributed by atoms with van der Waals surface area (Å²) in [6, 6.07) is 20.4. The van der Waals surface area contributed by atoms with E-state index in [9.17, 15) is 9.18 Å². The van der Waals surface area contributed by atoms with Gasteiger partial charge in [-0.1, -0.05) is 72.0 Å². The van der Waals surface area contributed by atoms with Gasteiger partial charge >= 0.3 is 6.09 Å². The number of rotatable bonds is 4. The number of amides is 1. The van der Waals surface area contributed by atoms with Crippen molar-refractivity contribution in [3.8, 4) is 23.0 Å². The van der Waals surface area contributed by atoms with Gasteiger partial charge in [-0.3, -0.25) is 0 Å². The van der Waals surface area contributed by atoms with Gasteiger partial charge in [0.05, 0.1) is 5.02 Å². The molecule has 1 amide bonds. The summed E-state index contributed by atoms with van der Waals surface area (Å²) in [4.78, 5) is 12.1. The zero-order valence-corrected chi connectivity index (χ0v) is 16.9. The Morgan fingerprint density at radius 2 is 1.70 bits per heavy atom. The maximum atomic E-state index is 13.2. The number of nitrogens with one attached hydrogen (secondary N) is 1. The highest BCUT2D eigenvalue weighted by atomic mass is 35.5. The molecular weight excluding hydrogens is 401 g/mol.